The Labute approximate surface area is 108 Å². The minimum atomic E-state index is -2.97. The van der Waals surface area contributed by atoms with E-state index in [2.05, 4.69) is 25.7 Å². The minimum absolute atomic E-state index is 0.116. The highest BCUT2D eigenvalue weighted by molar-refractivity contribution is 9.10. The summed E-state index contributed by atoms with van der Waals surface area (Å²) in [6.07, 6.45) is -2.53. The number of pyridine rings is 1. The van der Waals surface area contributed by atoms with Gasteiger partial charge in [-0.3, -0.25) is 4.79 Å². The summed E-state index contributed by atoms with van der Waals surface area (Å²) in [6, 6.07) is 0. The fraction of sp³-hybridized carbons (Fsp3) is 0.333. The highest BCUT2D eigenvalue weighted by atomic mass is 79.9. The molecule has 0 spiro atoms. The molecule has 1 aromatic rings. The van der Waals surface area contributed by atoms with Crippen LogP contribution >= 0.6 is 15.9 Å². The van der Waals surface area contributed by atoms with Crippen LogP contribution in [0.3, 0.4) is 0 Å². The molecular formula is C9H7BrF2N2O4. The van der Waals surface area contributed by atoms with Crippen LogP contribution in [0.5, 0.6) is 0 Å². The second-order valence-electron chi connectivity index (χ2n) is 3.15. The Kier molecular flexibility index (Phi) is 4.65. The average Bonchev–Trinajstić information content (AvgIpc) is 2.27. The van der Waals surface area contributed by atoms with E-state index in [1.165, 1.54) is 0 Å². The maximum atomic E-state index is 12.9. The van der Waals surface area contributed by atoms with Crippen LogP contribution in [0.15, 0.2) is 10.7 Å². The number of hydrogen-bond acceptors (Lipinski definition) is 5. The van der Waals surface area contributed by atoms with Crippen molar-refractivity contribution in [2.75, 3.05) is 7.11 Å². The zero-order chi connectivity index (χ0) is 13.9. The molecule has 0 N–H and O–H groups in total. The van der Waals surface area contributed by atoms with E-state index in [0.29, 0.717) is 0 Å². The second-order valence-corrected chi connectivity index (χ2v) is 3.94. The Morgan fingerprint density at radius 1 is 1.67 bits per heavy atom. The van der Waals surface area contributed by atoms with E-state index in [-0.39, 0.29) is 5.56 Å². The van der Waals surface area contributed by atoms with Gasteiger partial charge in [0.25, 0.3) is 6.43 Å². The number of alkyl halides is 2. The molecule has 0 aliphatic heterocycles. The van der Waals surface area contributed by atoms with Gasteiger partial charge in [0.1, 0.15) is 10.7 Å². The maximum absolute atomic E-state index is 12.9. The van der Waals surface area contributed by atoms with Crippen molar-refractivity contribution in [3.8, 4) is 0 Å². The third-order valence-electron chi connectivity index (χ3n) is 2.08. The van der Waals surface area contributed by atoms with Gasteiger partial charge < -0.3 is 14.9 Å². The average molecular weight is 325 g/mol. The van der Waals surface area contributed by atoms with Gasteiger partial charge in [0.2, 0.25) is 0 Å². The van der Waals surface area contributed by atoms with E-state index in [4.69, 9.17) is 0 Å². The molecule has 0 saturated carbocycles. The SMILES string of the molecule is COC(=O)Cc1cnc([N+](=O)[O-])c(Br)c1C(F)F. The largest absolute Gasteiger partial charge is 0.469 e. The van der Waals surface area contributed by atoms with Crippen LogP contribution in [0.25, 0.3) is 0 Å². The molecule has 0 unspecified atom stereocenters. The number of hydrogen-bond donors (Lipinski definition) is 0. The van der Waals surface area contributed by atoms with Crippen molar-refractivity contribution in [2.24, 2.45) is 0 Å². The molecule has 0 aliphatic carbocycles. The Hall–Kier alpha value is -1.64. The first-order valence-electron chi connectivity index (χ1n) is 4.55. The van der Waals surface area contributed by atoms with Crippen molar-refractivity contribution in [3.63, 3.8) is 0 Å². The summed E-state index contributed by atoms with van der Waals surface area (Å²) in [5.74, 6) is -1.46. The van der Waals surface area contributed by atoms with Gasteiger partial charge in [-0.2, -0.15) is 0 Å². The lowest BCUT2D eigenvalue weighted by atomic mass is 10.1. The zero-order valence-corrected chi connectivity index (χ0v) is 10.6. The third kappa shape index (κ3) is 2.97. The number of nitrogens with zero attached hydrogens (tertiary/aromatic N) is 2. The molecule has 1 rings (SSSR count). The van der Waals surface area contributed by atoms with E-state index in [1.54, 1.807) is 0 Å². The zero-order valence-electron chi connectivity index (χ0n) is 9.02. The van der Waals surface area contributed by atoms with E-state index < -0.39 is 39.6 Å². The monoisotopic (exact) mass is 324 g/mol. The van der Waals surface area contributed by atoms with Gasteiger partial charge in [-0.05, 0) is 25.8 Å². The van der Waals surface area contributed by atoms with Crippen molar-refractivity contribution >= 4 is 27.7 Å². The summed E-state index contributed by atoms with van der Waals surface area (Å²) < 4.78 is 29.6. The first-order chi connectivity index (χ1) is 8.38. The van der Waals surface area contributed by atoms with Gasteiger partial charge in [-0.1, -0.05) is 0 Å². The van der Waals surface area contributed by atoms with E-state index in [0.717, 1.165) is 13.3 Å². The molecule has 0 saturated heterocycles. The molecule has 1 aromatic heterocycles. The molecule has 9 heteroatoms. The summed E-state index contributed by atoms with van der Waals surface area (Å²) in [6.45, 7) is 0. The quantitative estimate of drug-likeness (QED) is 0.482. The fourth-order valence-electron chi connectivity index (χ4n) is 1.26. The van der Waals surface area contributed by atoms with Crippen molar-refractivity contribution in [1.82, 2.24) is 4.98 Å². The predicted molar refractivity (Wildman–Crippen MR) is 59.3 cm³/mol. The summed E-state index contributed by atoms with van der Waals surface area (Å²) in [4.78, 5) is 24.1. The smallest absolute Gasteiger partial charge is 0.378 e. The van der Waals surface area contributed by atoms with Gasteiger partial charge in [-0.25, -0.2) is 8.78 Å². The molecule has 6 nitrogen and oxygen atoms in total. The number of rotatable bonds is 4. The molecule has 0 amide bonds. The number of carbonyl (C=O) groups is 1. The normalized spacial score (nSPS) is 10.5. The lowest BCUT2D eigenvalue weighted by molar-refractivity contribution is -0.390. The second kappa shape index (κ2) is 5.80. The molecule has 0 atom stereocenters. The fourth-order valence-corrected chi connectivity index (χ4v) is 1.93. The van der Waals surface area contributed by atoms with Crippen molar-refractivity contribution < 1.29 is 23.2 Å². The van der Waals surface area contributed by atoms with Crippen molar-refractivity contribution in [3.05, 3.63) is 31.9 Å². The Bertz CT molecular complexity index is 496. The van der Waals surface area contributed by atoms with Gasteiger partial charge in [0, 0.05) is 11.1 Å². The molecule has 18 heavy (non-hydrogen) atoms. The molecular weight excluding hydrogens is 318 g/mol. The summed E-state index contributed by atoms with van der Waals surface area (Å²) in [7, 11) is 1.11. The number of carbonyl (C=O) groups excluding carboxylic acids is 1. The van der Waals surface area contributed by atoms with Gasteiger partial charge in [-0.15, -0.1) is 0 Å². The van der Waals surface area contributed by atoms with Gasteiger partial charge in [0.15, 0.2) is 0 Å². The third-order valence-corrected chi connectivity index (χ3v) is 2.86. The Balaban J connectivity index is 3.32. The van der Waals surface area contributed by atoms with E-state index in [9.17, 15) is 23.7 Å². The summed E-state index contributed by atoms with van der Waals surface area (Å²) in [5, 5.41) is 10.6. The molecule has 0 fully saturated rings. The number of esters is 1. The molecule has 0 radical (unpaired) electrons. The lowest BCUT2D eigenvalue weighted by Gasteiger charge is -2.08. The first-order valence-corrected chi connectivity index (χ1v) is 5.34. The van der Waals surface area contributed by atoms with Crippen LogP contribution in [0.4, 0.5) is 14.6 Å². The number of halogens is 3. The number of aromatic nitrogens is 1. The molecule has 0 aromatic carbocycles. The van der Waals surface area contributed by atoms with Crippen LogP contribution < -0.4 is 0 Å². The van der Waals surface area contributed by atoms with Crippen molar-refractivity contribution in [1.29, 1.82) is 0 Å². The Morgan fingerprint density at radius 2 is 2.28 bits per heavy atom. The Morgan fingerprint density at radius 3 is 2.72 bits per heavy atom. The minimum Gasteiger partial charge on any atom is -0.469 e. The van der Waals surface area contributed by atoms with Crippen LogP contribution in [0, 0.1) is 10.1 Å². The molecule has 1 heterocycles. The maximum Gasteiger partial charge on any atom is 0.378 e. The molecule has 98 valence electrons. The first kappa shape index (κ1) is 14.4. The standard InChI is InChI=1S/C9H7BrF2N2O4/c1-18-5(15)2-4-3-13-9(14(16)17)7(10)6(4)8(11)12/h3,8H,2H2,1H3. The molecule has 0 bridgehead atoms. The van der Waals surface area contributed by atoms with Gasteiger partial charge in [0.05, 0.1) is 13.5 Å². The number of ether oxygens (including phenoxy) is 1. The van der Waals surface area contributed by atoms with Crippen LogP contribution in [0.2, 0.25) is 0 Å². The van der Waals surface area contributed by atoms with Crippen LogP contribution in [-0.2, 0) is 16.0 Å². The van der Waals surface area contributed by atoms with Gasteiger partial charge >= 0.3 is 11.8 Å². The molecule has 0 aliphatic rings. The van der Waals surface area contributed by atoms with E-state index in [1.807, 2.05) is 0 Å². The highest BCUT2D eigenvalue weighted by Gasteiger charge is 2.27. The summed E-state index contributed by atoms with van der Waals surface area (Å²) in [5.41, 5.74) is -0.739. The highest BCUT2D eigenvalue weighted by Crippen LogP contribution is 2.35. The van der Waals surface area contributed by atoms with Crippen LogP contribution in [-0.4, -0.2) is 23.0 Å². The predicted octanol–water partition coefficient (Wildman–Crippen LogP) is 2.41. The van der Waals surface area contributed by atoms with E-state index >= 15 is 0 Å². The topological polar surface area (TPSA) is 82.3 Å². The lowest BCUT2D eigenvalue weighted by Crippen LogP contribution is -2.09. The van der Waals surface area contributed by atoms with Crippen molar-refractivity contribution in [2.45, 2.75) is 12.8 Å². The van der Waals surface area contributed by atoms with Crippen LogP contribution in [0.1, 0.15) is 17.6 Å². The summed E-state index contributed by atoms with van der Waals surface area (Å²) >= 11 is 2.71. The number of nitro groups is 1. The number of methoxy groups -OCH3 is 1.